The van der Waals surface area contributed by atoms with Crippen molar-refractivity contribution in [2.75, 3.05) is 0 Å². The van der Waals surface area contributed by atoms with Crippen molar-refractivity contribution in [2.45, 2.75) is 13.8 Å². The van der Waals surface area contributed by atoms with Gasteiger partial charge in [0.1, 0.15) is 11.6 Å². The fourth-order valence-corrected chi connectivity index (χ4v) is 3.07. The van der Waals surface area contributed by atoms with Crippen LogP contribution in [0.5, 0.6) is 0 Å². The maximum Gasteiger partial charge on any atom is 0.292 e. The van der Waals surface area contributed by atoms with Crippen LogP contribution < -0.4 is 11.0 Å². The Morgan fingerprint density at radius 1 is 1.30 bits per heavy atom. The molecule has 1 aromatic carbocycles. The van der Waals surface area contributed by atoms with E-state index in [9.17, 15) is 14.9 Å². The van der Waals surface area contributed by atoms with Gasteiger partial charge in [0.2, 0.25) is 0 Å². The Balaban J connectivity index is 2.04. The number of nitrogens with zero attached hydrogens (tertiary/aromatic N) is 4. The molecule has 0 fully saturated rings. The van der Waals surface area contributed by atoms with Crippen molar-refractivity contribution in [3.05, 3.63) is 79.4 Å². The molecule has 1 N–H and O–H groups in total. The molecular formula is C19H15N5O2S. The van der Waals surface area contributed by atoms with E-state index in [0.29, 0.717) is 5.69 Å². The molecule has 3 rings (SSSR count). The summed E-state index contributed by atoms with van der Waals surface area (Å²) >= 11 is 1.48. The lowest BCUT2D eigenvalue weighted by Crippen LogP contribution is -2.31. The summed E-state index contributed by atoms with van der Waals surface area (Å²) in [5, 5.41) is 19.4. The van der Waals surface area contributed by atoms with E-state index in [1.165, 1.54) is 24.5 Å². The zero-order chi connectivity index (χ0) is 19.4. The molecule has 0 aliphatic heterocycles. The summed E-state index contributed by atoms with van der Waals surface area (Å²) in [4.78, 5) is 26.0. The fourth-order valence-electron chi connectivity index (χ4n) is 2.49. The monoisotopic (exact) mass is 377 g/mol. The van der Waals surface area contributed by atoms with Gasteiger partial charge in [-0.1, -0.05) is 24.3 Å². The number of aromatic nitrogens is 2. The first-order chi connectivity index (χ1) is 13.0. The van der Waals surface area contributed by atoms with Gasteiger partial charge in [-0.25, -0.2) is 5.43 Å². The number of nitriles is 1. The van der Waals surface area contributed by atoms with Gasteiger partial charge in [0.15, 0.2) is 5.69 Å². The number of carbonyl (C=O) groups is 1. The largest absolute Gasteiger partial charge is 0.292 e. The number of hydrogen-bond acceptors (Lipinski definition) is 6. The standard InChI is InChI=1S/C19H15N5O2S/c1-12-6-3-4-8-16(12)24-19(26)15(10-20)13(2)17(23-24)18(25)22-21-11-14-7-5-9-27-14/h3-9,11H,1-2H3,(H,22,25)/b21-11-. The molecule has 0 radical (unpaired) electrons. The summed E-state index contributed by atoms with van der Waals surface area (Å²) in [5.41, 5.74) is 3.19. The molecule has 0 unspecified atom stereocenters. The van der Waals surface area contributed by atoms with Crippen LogP contribution in [0, 0.1) is 25.2 Å². The summed E-state index contributed by atoms with van der Waals surface area (Å²) in [6.45, 7) is 3.34. The number of rotatable bonds is 4. The second kappa shape index (κ2) is 7.76. The van der Waals surface area contributed by atoms with Crippen LogP contribution in [-0.2, 0) is 0 Å². The van der Waals surface area contributed by atoms with Crippen LogP contribution in [-0.4, -0.2) is 21.9 Å². The first-order valence-electron chi connectivity index (χ1n) is 8.00. The molecule has 8 heteroatoms. The lowest BCUT2D eigenvalue weighted by atomic mass is 10.1. The summed E-state index contributed by atoms with van der Waals surface area (Å²) in [7, 11) is 0. The molecule has 2 aromatic heterocycles. The zero-order valence-corrected chi connectivity index (χ0v) is 15.4. The fraction of sp³-hybridized carbons (Fsp3) is 0.105. The van der Waals surface area contributed by atoms with E-state index in [2.05, 4.69) is 15.6 Å². The molecule has 0 aliphatic carbocycles. The van der Waals surface area contributed by atoms with Crippen molar-refractivity contribution in [3.8, 4) is 11.8 Å². The lowest BCUT2D eigenvalue weighted by molar-refractivity contribution is 0.0947. The van der Waals surface area contributed by atoms with Gasteiger partial charge in [-0.15, -0.1) is 11.3 Å². The first kappa shape index (κ1) is 18.2. The quantitative estimate of drug-likeness (QED) is 0.558. The molecule has 0 saturated carbocycles. The molecule has 0 spiro atoms. The molecular weight excluding hydrogens is 362 g/mol. The molecule has 27 heavy (non-hydrogen) atoms. The molecule has 0 bridgehead atoms. The van der Waals surface area contributed by atoms with Crippen LogP contribution in [0.2, 0.25) is 0 Å². The van der Waals surface area contributed by atoms with Crippen molar-refractivity contribution in [1.29, 1.82) is 5.26 Å². The summed E-state index contributed by atoms with van der Waals surface area (Å²) in [5.74, 6) is -0.598. The van der Waals surface area contributed by atoms with Gasteiger partial charge in [-0.3, -0.25) is 9.59 Å². The van der Waals surface area contributed by atoms with E-state index in [1.807, 2.05) is 42.6 Å². The van der Waals surface area contributed by atoms with E-state index >= 15 is 0 Å². The summed E-state index contributed by atoms with van der Waals surface area (Å²) < 4.78 is 1.08. The molecule has 7 nitrogen and oxygen atoms in total. The molecule has 1 amide bonds. The second-order valence-electron chi connectivity index (χ2n) is 5.68. The second-order valence-corrected chi connectivity index (χ2v) is 6.66. The van der Waals surface area contributed by atoms with Crippen molar-refractivity contribution >= 4 is 23.5 Å². The minimum Gasteiger partial charge on any atom is -0.266 e. The van der Waals surface area contributed by atoms with Crippen LogP contribution in [0.4, 0.5) is 0 Å². The van der Waals surface area contributed by atoms with Gasteiger partial charge in [-0.05, 0) is 36.9 Å². The molecule has 0 saturated heterocycles. The average Bonchev–Trinajstić information content (AvgIpc) is 3.16. The Labute approximate surface area is 159 Å². The maximum absolute atomic E-state index is 12.6. The van der Waals surface area contributed by atoms with Crippen molar-refractivity contribution < 1.29 is 4.79 Å². The SMILES string of the molecule is Cc1ccccc1-n1nc(C(=O)N/N=C\c2cccs2)c(C)c(C#N)c1=O. The Hall–Kier alpha value is -3.57. The molecule has 134 valence electrons. The number of hydrogen-bond donors (Lipinski definition) is 1. The third kappa shape index (κ3) is 3.68. The number of benzene rings is 1. The smallest absolute Gasteiger partial charge is 0.266 e. The third-order valence-electron chi connectivity index (χ3n) is 3.91. The van der Waals surface area contributed by atoms with Gasteiger partial charge in [0.05, 0.1) is 11.9 Å². The van der Waals surface area contributed by atoms with Gasteiger partial charge < -0.3 is 0 Å². The first-order valence-corrected chi connectivity index (χ1v) is 8.88. The topological polar surface area (TPSA) is 100 Å². The molecule has 0 atom stereocenters. The molecule has 2 heterocycles. The van der Waals surface area contributed by atoms with E-state index in [0.717, 1.165) is 15.1 Å². The predicted octanol–water partition coefficient (Wildman–Crippen LogP) is 2.55. The molecule has 0 aliphatic rings. The van der Waals surface area contributed by atoms with Crippen molar-refractivity contribution in [2.24, 2.45) is 5.10 Å². The zero-order valence-electron chi connectivity index (χ0n) is 14.6. The van der Waals surface area contributed by atoms with Crippen molar-refractivity contribution in [1.82, 2.24) is 15.2 Å². The highest BCUT2D eigenvalue weighted by Crippen LogP contribution is 2.13. The number of para-hydroxylation sites is 1. The van der Waals surface area contributed by atoms with E-state index < -0.39 is 11.5 Å². The minimum absolute atomic E-state index is 0.0299. The Bertz CT molecular complexity index is 1120. The van der Waals surface area contributed by atoms with Crippen molar-refractivity contribution in [3.63, 3.8) is 0 Å². The average molecular weight is 377 g/mol. The summed E-state index contributed by atoms with van der Waals surface area (Å²) in [6.07, 6.45) is 1.51. The van der Waals surface area contributed by atoms with Gasteiger partial charge in [-0.2, -0.15) is 20.1 Å². The van der Waals surface area contributed by atoms with Gasteiger partial charge >= 0.3 is 0 Å². The van der Waals surface area contributed by atoms with Crippen LogP contribution >= 0.6 is 11.3 Å². The van der Waals surface area contributed by atoms with Gasteiger partial charge in [0.25, 0.3) is 11.5 Å². The Morgan fingerprint density at radius 3 is 2.74 bits per heavy atom. The van der Waals surface area contributed by atoms with Crippen LogP contribution in [0.1, 0.15) is 32.1 Å². The number of aryl methyl sites for hydroxylation is 1. The number of thiophene rings is 1. The normalized spacial score (nSPS) is 10.7. The Kier molecular flexibility index (Phi) is 5.24. The number of amides is 1. The van der Waals surface area contributed by atoms with E-state index in [1.54, 1.807) is 12.1 Å². The summed E-state index contributed by atoms with van der Waals surface area (Å²) in [6, 6.07) is 12.7. The minimum atomic E-state index is -0.598. The highest BCUT2D eigenvalue weighted by Gasteiger charge is 2.20. The molecule has 3 aromatic rings. The van der Waals surface area contributed by atoms with Crippen LogP contribution in [0.25, 0.3) is 5.69 Å². The Morgan fingerprint density at radius 2 is 2.07 bits per heavy atom. The number of carbonyl (C=O) groups excluding carboxylic acids is 1. The van der Waals surface area contributed by atoms with Gasteiger partial charge in [0, 0.05) is 10.4 Å². The van der Waals surface area contributed by atoms with Crippen LogP contribution in [0.15, 0.2) is 51.7 Å². The van der Waals surface area contributed by atoms with E-state index in [4.69, 9.17) is 0 Å². The highest BCUT2D eigenvalue weighted by molar-refractivity contribution is 7.11. The number of hydrazone groups is 1. The lowest BCUT2D eigenvalue weighted by Gasteiger charge is -2.12. The third-order valence-corrected chi connectivity index (χ3v) is 4.71. The van der Waals surface area contributed by atoms with Crippen LogP contribution in [0.3, 0.4) is 0 Å². The highest BCUT2D eigenvalue weighted by atomic mass is 32.1. The number of nitrogens with one attached hydrogen (secondary N) is 1. The van der Waals surface area contributed by atoms with E-state index in [-0.39, 0.29) is 16.8 Å². The predicted molar refractivity (Wildman–Crippen MR) is 103 cm³/mol. The maximum atomic E-state index is 12.6.